The van der Waals surface area contributed by atoms with Gasteiger partial charge in [-0.15, -0.1) is 0 Å². The average Bonchev–Trinajstić information content (AvgIpc) is 3.08. The molecule has 9 heteroatoms. The maximum absolute atomic E-state index is 10.00. The largest absolute Gasteiger partial charge is 0.496 e. The molecule has 0 aliphatic rings. The van der Waals surface area contributed by atoms with Gasteiger partial charge in [-0.25, -0.2) is 9.97 Å². The third-order valence-electron chi connectivity index (χ3n) is 5.67. The number of carbonyl (C=O) groups excluding carboxylic acids is 2. The number of ether oxygens (including phenoxy) is 1. The number of Topliss-reactive ketones (excluding diaryl/α,β-unsaturated/α-hetero) is 1. The molecule has 0 fully saturated rings. The van der Waals surface area contributed by atoms with Gasteiger partial charge in [0.15, 0.2) is 0 Å². The van der Waals surface area contributed by atoms with Crippen LogP contribution in [0.4, 0.5) is 11.6 Å². The quantitative estimate of drug-likeness (QED) is 0.0955. The molecule has 3 aromatic rings. The second-order valence-electron chi connectivity index (χ2n) is 9.44. The fourth-order valence-corrected chi connectivity index (χ4v) is 3.68. The lowest BCUT2D eigenvalue weighted by Crippen LogP contribution is -2.82. The van der Waals surface area contributed by atoms with E-state index in [1.54, 1.807) is 14.2 Å². The number of hydrogen-bond acceptors (Lipinski definition) is 8. The fourth-order valence-electron chi connectivity index (χ4n) is 3.68. The number of rotatable bonds is 12. The first-order valence-corrected chi connectivity index (χ1v) is 16.5. The third kappa shape index (κ3) is 21.6. The van der Waals surface area contributed by atoms with Crippen molar-refractivity contribution in [3.8, 4) is 5.75 Å². The molecule has 1 aromatic heterocycles. The second-order valence-corrected chi connectivity index (χ2v) is 9.44. The van der Waals surface area contributed by atoms with Crippen molar-refractivity contribution in [2.45, 2.75) is 94.4 Å². The minimum Gasteiger partial charge on any atom is -0.496 e. The van der Waals surface area contributed by atoms with Gasteiger partial charge in [0.25, 0.3) is 0 Å². The van der Waals surface area contributed by atoms with Crippen LogP contribution in [0.15, 0.2) is 54.9 Å². The molecule has 0 amide bonds. The topological polar surface area (TPSA) is 148 Å². The lowest BCUT2D eigenvalue weighted by molar-refractivity contribution is -0.648. The summed E-state index contributed by atoms with van der Waals surface area (Å²) in [5, 5.41) is 13.6. The van der Waals surface area contributed by atoms with E-state index in [1.807, 2.05) is 64.1 Å². The summed E-state index contributed by atoms with van der Waals surface area (Å²) in [6, 6.07) is 16.0. The predicted molar refractivity (Wildman–Crippen MR) is 196 cm³/mol. The highest BCUT2D eigenvalue weighted by molar-refractivity contribution is 6.16. The highest BCUT2D eigenvalue weighted by Crippen LogP contribution is 2.26. The van der Waals surface area contributed by atoms with Crippen LogP contribution in [0.3, 0.4) is 0 Å². The molecule has 1 heterocycles. The van der Waals surface area contributed by atoms with E-state index in [1.165, 1.54) is 38.8 Å². The Balaban J connectivity index is -0.000000639. The Kier molecular flexibility index (Phi) is 32.5. The van der Waals surface area contributed by atoms with Crippen molar-refractivity contribution >= 4 is 29.4 Å². The molecule has 46 heavy (non-hydrogen) atoms. The number of benzene rings is 2. The molecule has 0 aliphatic carbocycles. The minimum absolute atomic E-state index is 0.167. The number of ketones is 1. The van der Waals surface area contributed by atoms with Crippen LogP contribution in [0.25, 0.3) is 0 Å². The molecule has 0 bridgehead atoms. The number of hydrogen-bond donors (Lipinski definition) is 4. The highest BCUT2D eigenvalue weighted by Gasteiger charge is 2.16. The van der Waals surface area contributed by atoms with Crippen molar-refractivity contribution in [1.29, 1.82) is 5.41 Å². The summed E-state index contributed by atoms with van der Waals surface area (Å²) in [5.41, 5.74) is 9.85. The van der Waals surface area contributed by atoms with Gasteiger partial charge in [-0.2, -0.15) is 0 Å². The standard InChI is InChI=1S/C16H21N5O.C10H12O.C4H11N.C3H6O.2C2H6/c1-4-5-10-6-7-11(8-12(10)22-3)14(17)13-15(18)20-9-21-16(13)19-2;11-9-5-4-8-10-6-2-1-3-7-10;1-3-5-4-2;1-3(2)4;2*1-2/h6-9,17H,4-5H2,1-3H3,(H3,18,19,20,21);1-3,6-7,9H,4-5,8H2;5H,3-4H2,1-2H3;1-2H3;2*1-2H3/p+1. The lowest BCUT2D eigenvalue weighted by atomic mass is 9.99. The molecule has 0 aliphatic heterocycles. The summed E-state index contributed by atoms with van der Waals surface area (Å²) < 4.78 is 5.44. The maximum Gasteiger partial charge on any atom is 0.140 e. The SMILES string of the molecule is CC.CC.CC(C)=O.CCCc1ccc(C(=N)c2c(N)ncnc2NC)cc1OC.CC[NH2+]CC.O=CCCCc1ccccc1. The van der Waals surface area contributed by atoms with Crippen molar-refractivity contribution in [3.63, 3.8) is 0 Å². The van der Waals surface area contributed by atoms with Crippen LogP contribution in [-0.2, 0) is 22.4 Å². The van der Waals surface area contributed by atoms with Gasteiger partial charge in [0.2, 0.25) is 0 Å². The van der Waals surface area contributed by atoms with E-state index in [0.717, 1.165) is 48.8 Å². The molecule has 9 nitrogen and oxygen atoms in total. The molecule has 2 aromatic carbocycles. The van der Waals surface area contributed by atoms with E-state index >= 15 is 0 Å². The number of aryl methyl sites for hydroxylation is 2. The molecule has 3 rings (SSSR count). The van der Waals surface area contributed by atoms with Crippen LogP contribution in [-0.4, -0.2) is 55.0 Å². The third-order valence-corrected chi connectivity index (χ3v) is 5.67. The highest BCUT2D eigenvalue weighted by atomic mass is 16.5. The summed E-state index contributed by atoms with van der Waals surface area (Å²) in [5.74, 6) is 1.76. The van der Waals surface area contributed by atoms with Crippen LogP contribution < -0.4 is 21.1 Å². The molecule has 0 saturated carbocycles. The van der Waals surface area contributed by atoms with E-state index < -0.39 is 0 Å². The Bertz CT molecular complexity index is 1180. The molecule has 6 N–H and O–H groups in total. The summed E-state index contributed by atoms with van der Waals surface area (Å²) in [7, 11) is 3.38. The van der Waals surface area contributed by atoms with Gasteiger partial charge >= 0.3 is 0 Å². The Morgan fingerprint density at radius 1 is 0.978 bits per heavy atom. The first-order chi connectivity index (χ1) is 22.2. The van der Waals surface area contributed by atoms with Gasteiger partial charge in [-0.1, -0.05) is 83.5 Å². The van der Waals surface area contributed by atoms with Gasteiger partial charge in [0, 0.05) is 19.0 Å². The minimum atomic E-state index is 0.167. The van der Waals surface area contributed by atoms with Crippen LogP contribution in [0.5, 0.6) is 5.75 Å². The van der Waals surface area contributed by atoms with E-state index in [2.05, 4.69) is 53.5 Å². The smallest absolute Gasteiger partial charge is 0.140 e. The lowest BCUT2D eigenvalue weighted by Gasteiger charge is -2.14. The van der Waals surface area contributed by atoms with Crippen LogP contribution in [0, 0.1) is 5.41 Å². The average molecular weight is 640 g/mol. The number of aromatic nitrogens is 2. The Hall–Kier alpha value is -4.11. The van der Waals surface area contributed by atoms with Crippen molar-refractivity contribution < 1.29 is 19.6 Å². The first kappa shape index (κ1) is 46.3. The number of methoxy groups -OCH3 is 1. The Morgan fingerprint density at radius 2 is 1.57 bits per heavy atom. The van der Waals surface area contributed by atoms with Crippen molar-refractivity contribution in [3.05, 3.63) is 77.1 Å². The monoisotopic (exact) mass is 639 g/mol. The number of nitrogens with one attached hydrogen (secondary N) is 2. The maximum atomic E-state index is 10.00. The number of unbranched alkanes of at least 4 members (excludes halogenated alkanes) is 1. The van der Waals surface area contributed by atoms with Crippen LogP contribution in [0.2, 0.25) is 0 Å². The van der Waals surface area contributed by atoms with E-state index in [0.29, 0.717) is 17.8 Å². The zero-order valence-corrected chi connectivity index (χ0v) is 30.5. The number of anilines is 2. The van der Waals surface area contributed by atoms with Gasteiger partial charge in [-0.3, -0.25) is 5.41 Å². The van der Waals surface area contributed by atoms with E-state index in [-0.39, 0.29) is 17.3 Å². The summed E-state index contributed by atoms with van der Waals surface area (Å²) in [6.07, 6.45) is 6.99. The summed E-state index contributed by atoms with van der Waals surface area (Å²) in [4.78, 5) is 27.5. The number of nitrogen functional groups attached to an aromatic ring is 1. The van der Waals surface area contributed by atoms with E-state index in [9.17, 15) is 9.59 Å². The number of aldehydes is 1. The van der Waals surface area contributed by atoms with Gasteiger partial charge < -0.3 is 30.7 Å². The van der Waals surface area contributed by atoms with Crippen LogP contribution >= 0.6 is 0 Å². The van der Waals surface area contributed by atoms with Gasteiger partial charge in [0.05, 0.1) is 31.5 Å². The molecule has 0 atom stereocenters. The molecular formula is C37H63N6O3+. The number of carbonyl (C=O) groups is 2. The van der Waals surface area contributed by atoms with Gasteiger partial charge in [-0.05, 0) is 64.2 Å². The summed E-state index contributed by atoms with van der Waals surface area (Å²) >= 11 is 0. The number of nitrogens with two attached hydrogens (primary N) is 2. The zero-order valence-electron chi connectivity index (χ0n) is 30.5. The number of quaternary nitrogens is 1. The summed E-state index contributed by atoms with van der Waals surface area (Å²) in [6.45, 7) is 19.9. The van der Waals surface area contributed by atoms with Crippen molar-refractivity contribution in [2.24, 2.45) is 0 Å². The first-order valence-electron chi connectivity index (χ1n) is 16.5. The molecule has 0 unspecified atom stereocenters. The van der Waals surface area contributed by atoms with Gasteiger partial charge in [0.1, 0.15) is 35.8 Å². The number of nitrogens with zero attached hydrogens (tertiary/aromatic N) is 2. The van der Waals surface area contributed by atoms with Crippen molar-refractivity contribution in [2.75, 3.05) is 38.3 Å². The normalized spacial score (nSPS) is 8.93. The Morgan fingerprint density at radius 3 is 2.02 bits per heavy atom. The van der Waals surface area contributed by atoms with Crippen molar-refractivity contribution in [1.82, 2.24) is 9.97 Å². The molecular weight excluding hydrogens is 576 g/mol. The Labute approximate surface area is 279 Å². The predicted octanol–water partition coefficient (Wildman–Crippen LogP) is 6.92. The molecule has 0 spiro atoms. The zero-order chi connectivity index (χ0) is 35.8. The molecule has 0 radical (unpaired) electrons. The molecule has 258 valence electrons. The molecule has 0 saturated heterocycles. The van der Waals surface area contributed by atoms with Crippen LogP contribution in [0.1, 0.15) is 104 Å². The van der Waals surface area contributed by atoms with E-state index in [4.69, 9.17) is 15.9 Å². The second kappa shape index (κ2) is 32.3. The fraction of sp³-hybridized carbons (Fsp3) is 0.486.